The lowest BCUT2D eigenvalue weighted by Crippen LogP contribution is -2.63. The Hall–Kier alpha value is -1.96. The van der Waals surface area contributed by atoms with Gasteiger partial charge in [0.05, 0.1) is 6.54 Å². The van der Waals surface area contributed by atoms with Crippen LogP contribution in [0.5, 0.6) is 0 Å². The molecule has 0 N–H and O–H groups in total. The predicted molar refractivity (Wildman–Crippen MR) is 108 cm³/mol. The zero-order valence-corrected chi connectivity index (χ0v) is 17.5. The molecular weight excluding hydrogens is 425 g/mol. The van der Waals surface area contributed by atoms with Crippen molar-refractivity contribution in [2.75, 3.05) is 19.5 Å². The molecular formula is C18H18Cl3N5O2. The molecule has 0 spiro atoms. The van der Waals surface area contributed by atoms with E-state index >= 15 is 0 Å². The molecule has 2 unspecified atom stereocenters. The van der Waals surface area contributed by atoms with Crippen LogP contribution in [0.2, 0.25) is 10.0 Å². The van der Waals surface area contributed by atoms with Crippen LogP contribution in [0.1, 0.15) is 12.5 Å². The quantitative estimate of drug-likeness (QED) is 0.672. The van der Waals surface area contributed by atoms with Crippen molar-refractivity contribution in [3.63, 3.8) is 0 Å². The highest BCUT2D eigenvalue weighted by Crippen LogP contribution is 2.35. The van der Waals surface area contributed by atoms with Gasteiger partial charge in [0.25, 0.3) is 5.91 Å². The SMILES string of the molecule is CC1=CN2C(=NC3C2C(=O)N(Cc2c(Cl)cccc2Cl)C(=O)N3C)N1CCCl. The van der Waals surface area contributed by atoms with Crippen molar-refractivity contribution < 1.29 is 9.59 Å². The standard InChI is InChI=1S/C18H18Cl3N5O2/c1-10-8-25-14-15(22-17(25)24(10)7-6-19)23(2)18(28)26(16(14)27)9-11-12(20)4-3-5-13(11)21/h3-5,8,14-15H,6-7,9H2,1-2H3. The first-order valence-electron chi connectivity index (χ1n) is 8.74. The van der Waals surface area contributed by atoms with E-state index in [4.69, 9.17) is 34.8 Å². The maximum absolute atomic E-state index is 13.3. The van der Waals surface area contributed by atoms with Gasteiger partial charge in [-0.15, -0.1) is 11.6 Å². The average Bonchev–Trinajstić information content (AvgIpc) is 3.15. The van der Waals surface area contributed by atoms with E-state index in [1.807, 2.05) is 22.9 Å². The Labute approximate surface area is 177 Å². The summed E-state index contributed by atoms with van der Waals surface area (Å²) in [4.78, 5) is 37.3. The van der Waals surface area contributed by atoms with Gasteiger partial charge in [0.1, 0.15) is 0 Å². The van der Waals surface area contributed by atoms with E-state index in [0.717, 1.165) is 5.70 Å². The minimum absolute atomic E-state index is 0.000989. The Morgan fingerprint density at radius 3 is 2.46 bits per heavy atom. The minimum Gasteiger partial charge on any atom is -0.314 e. The number of hydrogen-bond donors (Lipinski definition) is 0. The normalized spacial score (nSPS) is 23.9. The molecule has 2 atom stereocenters. The third kappa shape index (κ3) is 2.84. The summed E-state index contributed by atoms with van der Waals surface area (Å²) in [5, 5.41) is 0.817. The molecule has 28 heavy (non-hydrogen) atoms. The molecule has 3 aliphatic rings. The van der Waals surface area contributed by atoms with Crippen LogP contribution in [0.15, 0.2) is 35.1 Å². The topological polar surface area (TPSA) is 59.5 Å². The second-order valence-electron chi connectivity index (χ2n) is 6.82. The van der Waals surface area contributed by atoms with Crippen molar-refractivity contribution in [1.29, 1.82) is 0 Å². The fraction of sp³-hybridized carbons (Fsp3) is 0.389. The van der Waals surface area contributed by atoms with Gasteiger partial charge in [0.15, 0.2) is 12.2 Å². The summed E-state index contributed by atoms with van der Waals surface area (Å²) in [7, 11) is 1.64. The second-order valence-corrected chi connectivity index (χ2v) is 8.02. The number of urea groups is 1. The van der Waals surface area contributed by atoms with E-state index in [0.29, 0.717) is 34.0 Å². The van der Waals surface area contributed by atoms with Gasteiger partial charge in [-0.3, -0.25) is 9.69 Å². The number of halogens is 3. The van der Waals surface area contributed by atoms with Gasteiger partial charge in [-0.05, 0) is 19.1 Å². The molecule has 3 heterocycles. The summed E-state index contributed by atoms with van der Waals surface area (Å²) in [6.45, 7) is 2.51. The molecule has 1 saturated heterocycles. The van der Waals surface area contributed by atoms with Crippen LogP contribution >= 0.6 is 34.8 Å². The van der Waals surface area contributed by atoms with Gasteiger partial charge >= 0.3 is 6.03 Å². The van der Waals surface area contributed by atoms with Gasteiger partial charge < -0.3 is 14.7 Å². The molecule has 1 fully saturated rings. The Kier molecular flexibility index (Phi) is 4.93. The highest BCUT2D eigenvalue weighted by atomic mass is 35.5. The lowest BCUT2D eigenvalue weighted by Gasteiger charge is -2.40. The summed E-state index contributed by atoms with van der Waals surface area (Å²) in [5.74, 6) is 0.728. The van der Waals surface area contributed by atoms with Crippen LogP contribution in [0.25, 0.3) is 0 Å². The monoisotopic (exact) mass is 441 g/mol. The molecule has 3 aliphatic heterocycles. The molecule has 1 aromatic carbocycles. The van der Waals surface area contributed by atoms with Crippen molar-refractivity contribution in [1.82, 2.24) is 19.6 Å². The summed E-state index contributed by atoms with van der Waals surface area (Å²) >= 11 is 18.4. The Bertz CT molecular complexity index is 898. The molecule has 0 radical (unpaired) electrons. The number of carbonyl (C=O) groups excluding carboxylic acids is 2. The number of aliphatic imine (C=N–C) groups is 1. The number of nitrogens with zero attached hydrogens (tertiary/aromatic N) is 5. The average molecular weight is 443 g/mol. The van der Waals surface area contributed by atoms with Crippen LogP contribution in [0.4, 0.5) is 4.79 Å². The van der Waals surface area contributed by atoms with Crippen LogP contribution in [0, 0.1) is 0 Å². The smallest absolute Gasteiger partial charge is 0.314 e. The van der Waals surface area contributed by atoms with Crippen LogP contribution in [-0.2, 0) is 11.3 Å². The van der Waals surface area contributed by atoms with E-state index in [-0.39, 0.29) is 12.5 Å². The third-order valence-corrected chi connectivity index (χ3v) is 6.07. The molecule has 0 bridgehead atoms. The van der Waals surface area contributed by atoms with Gasteiger partial charge in [0.2, 0.25) is 5.96 Å². The number of carbonyl (C=O) groups is 2. The number of benzene rings is 1. The van der Waals surface area contributed by atoms with Gasteiger partial charge in [0, 0.05) is 47.0 Å². The number of allylic oxidation sites excluding steroid dienone is 1. The highest BCUT2D eigenvalue weighted by molar-refractivity contribution is 6.36. The molecule has 1 aromatic rings. The number of amides is 3. The second kappa shape index (κ2) is 7.13. The third-order valence-electron chi connectivity index (χ3n) is 5.19. The van der Waals surface area contributed by atoms with Crippen LogP contribution in [-0.4, -0.2) is 69.2 Å². The van der Waals surface area contributed by atoms with Crippen molar-refractivity contribution in [2.24, 2.45) is 4.99 Å². The Morgan fingerprint density at radius 1 is 1.14 bits per heavy atom. The maximum Gasteiger partial charge on any atom is 0.328 e. The largest absolute Gasteiger partial charge is 0.328 e. The van der Waals surface area contributed by atoms with Gasteiger partial charge in [-0.2, -0.15) is 0 Å². The number of imide groups is 1. The highest BCUT2D eigenvalue weighted by Gasteiger charge is 2.54. The van der Waals surface area contributed by atoms with E-state index in [9.17, 15) is 9.59 Å². The van der Waals surface area contributed by atoms with Crippen molar-refractivity contribution in [3.05, 3.63) is 45.7 Å². The maximum atomic E-state index is 13.3. The number of alkyl halides is 1. The Balaban J connectivity index is 1.67. The van der Waals surface area contributed by atoms with Crippen LogP contribution in [0.3, 0.4) is 0 Å². The number of rotatable bonds is 4. The van der Waals surface area contributed by atoms with Gasteiger partial charge in [-0.25, -0.2) is 9.79 Å². The molecule has 0 saturated carbocycles. The molecule has 0 aliphatic carbocycles. The summed E-state index contributed by atoms with van der Waals surface area (Å²) < 4.78 is 0. The first-order valence-corrected chi connectivity index (χ1v) is 10.0. The molecule has 0 aromatic heterocycles. The van der Waals surface area contributed by atoms with Crippen LogP contribution < -0.4 is 0 Å². The molecule has 3 amide bonds. The number of guanidine groups is 1. The van der Waals surface area contributed by atoms with Gasteiger partial charge in [-0.1, -0.05) is 29.3 Å². The number of fused-ring (bicyclic) bond motifs is 3. The van der Waals surface area contributed by atoms with Crippen molar-refractivity contribution >= 4 is 52.7 Å². The van der Waals surface area contributed by atoms with E-state index < -0.39 is 18.2 Å². The number of likely N-dealkylation sites (N-methyl/N-ethyl adjacent to an activating group) is 1. The zero-order valence-electron chi connectivity index (χ0n) is 15.3. The molecule has 10 heteroatoms. The number of hydrogen-bond acceptors (Lipinski definition) is 5. The zero-order chi connectivity index (χ0) is 20.2. The van der Waals surface area contributed by atoms with E-state index in [2.05, 4.69) is 4.99 Å². The van der Waals surface area contributed by atoms with Crippen molar-refractivity contribution in [3.8, 4) is 0 Å². The summed E-state index contributed by atoms with van der Waals surface area (Å²) in [5.41, 5.74) is 1.49. The Morgan fingerprint density at radius 2 is 1.82 bits per heavy atom. The molecule has 7 nitrogen and oxygen atoms in total. The van der Waals surface area contributed by atoms with E-state index in [1.54, 1.807) is 25.2 Å². The minimum atomic E-state index is -0.630. The molecule has 4 rings (SSSR count). The lowest BCUT2D eigenvalue weighted by molar-refractivity contribution is -0.137. The fourth-order valence-corrected chi connectivity index (χ4v) is 4.44. The predicted octanol–water partition coefficient (Wildman–Crippen LogP) is 3.17. The fourth-order valence-electron chi connectivity index (χ4n) is 3.75. The molecule has 148 valence electrons. The van der Waals surface area contributed by atoms with Crippen molar-refractivity contribution in [2.45, 2.75) is 25.7 Å². The summed E-state index contributed by atoms with van der Waals surface area (Å²) in [6, 6.07) is 4.02. The lowest BCUT2D eigenvalue weighted by atomic mass is 10.1. The first kappa shape index (κ1) is 19.4. The summed E-state index contributed by atoms with van der Waals surface area (Å²) in [6.07, 6.45) is 1.29. The van der Waals surface area contributed by atoms with E-state index in [1.165, 1.54) is 9.80 Å². The first-order chi connectivity index (χ1) is 13.3.